The summed E-state index contributed by atoms with van der Waals surface area (Å²) in [5, 5.41) is 0. The summed E-state index contributed by atoms with van der Waals surface area (Å²) in [5.74, 6) is -0.291. The Morgan fingerprint density at radius 3 is 2.62 bits per heavy atom. The Morgan fingerprint density at radius 1 is 1.38 bits per heavy atom. The third-order valence-corrected chi connectivity index (χ3v) is 1.96. The van der Waals surface area contributed by atoms with Crippen LogP contribution in [0.15, 0.2) is 18.2 Å². The van der Waals surface area contributed by atoms with E-state index in [2.05, 4.69) is 0 Å². The van der Waals surface area contributed by atoms with E-state index in [0.29, 0.717) is 16.7 Å². The van der Waals surface area contributed by atoms with E-state index in [9.17, 15) is 9.18 Å². The molecule has 68 valence electrons. The van der Waals surface area contributed by atoms with Gasteiger partial charge in [-0.15, -0.1) is 0 Å². The standard InChI is InChI=1S/C11H11FO/c1-3-4-10-8(2)9(7-13)5-6-11(10)12/h3-7H,1-2H3/b4-3-. The van der Waals surface area contributed by atoms with E-state index in [4.69, 9.17) is 0 Å². The van der Waals surface area contributed by atoms with Crippen LogP contribution in [0.1, 0.15) is 28.4 Å². The van der Waals surface area contributed by atoms with Gasteiger partial charge in [-0.05, 0) is 31.5 Å². The summed E-state index contributed by atoms with van der Waals surface area (Å²) in [4.78, 5) is 10.5. The zero-order valence-corrected chi connectivity index (χ0v) is 7.67. The number of halogens is 1. The van der Waals surface area contributed by atoms with E-state index in [0.717, 1.165) is 6.29 Å². The molecule has 0 spiro atoms. The fourth-order valence-corrected chi connectivity index (χ4v) is 1.21. The molecule has 0 amide bonds. The Morgan fingerprint density at radius 2 is 2.08 bits per heavy atom. The Balaban J connectivity index is 3.37. The van der Waals surface area contributed by atoms with Gasteiger partial charge in [0.1, 0.15) is 12.1 Å². The summed E-state index contributed by atoms with van der Waals surface area (Å²) in [6, 6.07) is 2.80. The molecule has 0 aromatic heterocycles. The summed E-state index contributed by atoms with van der Waals surface area (Å²) in [6.07, 6.45) is 4.15. The van der Waals surface area contributed by atoms with Gasteiger partial charge >= 0.3 is 0 Å². The average Bonchev–Trinajstić information content (AvgIpc) is 2.12. The normalized spacial score (nSPS) is 10.7. The molecule has 0 bridgehead atoms. The van der Waals surface area contributed by atoms with Crippen LogP contribution >= 0.6 is 0 Å². The van der Waals surface area contributed by atoms with Gasteiger partial charge in [0.25, 0.3) is 0 Å². The fraction of sp³-hybridized carbons (Fsp3) is 0.182. The SMILES string of the molecule is C/C=C\c1c(F)ccc(C=O)c1C. The number of hydrogen-bond acceptors (Lipinski definition) is 1. The van der Waals surface area contributed by atoms with E-state index in [1.54, 1.807) is 19.1 Å². The third kappa shape index (κ3) is 1.83. The van der Waals surface area contributed by atoms with Crippen LogP contribution in [0, 0.1) is 12.7 Å². The minimum Gasteiger partial charge on any atom is -0.298 e. The topological polar surface area (TPSA) is 17.1 Å². The number of benzene rings is 1. The van der Waals surface area contributed by atoms with Gasteiger partial charge in [-0.3, -0.25) is 4.79 Å². The van der Waals surface area contributed by atoms with Crippen LogP contribution in [0.5, 0.6) is 0 Å². The van der Waals surface area contributed by atoms with Crippen LogP contribution in [0.4, 0.5) is 4.39 Å². The number of carbonyl (C=O) groups excluding carboxylic acids is 1. The predicted molar refractivity (Wildman–Crippen MR) is 51.2 cm³/mol. The average molecular weight is 178 g/mol. The molecule has 1 nitrogen and oxygen atoms in total. The second-order valence-corrected chi connectivity index (χ2v) is 2.79. The fourth-order valence-electron chi connectivity index (χ4n) is 1.21. The first kappa shape index (κ1) is 9.65. The summed E-state index contributed by atoms with van der Waals surface area (Å²) in [7, 11) is 0. The first-order valence-corrected chi connectivity index (χ1v) is 4.07. The van der Waals surface area contributed by atoms with E-state index in [1.165, 1.54) is 12.1 Å². The van der Waals surface area contributed by atoms with Crippen molar-refractivity contribution < 1.29 is 9.18 Å². The Hall–Kier alpha value is -1.44. The maximum atomic E-state index is 13.2. The maximum absolute atomic E-state index is 13.2. The van der Waals surface area contributed by atoms with E-state index < -0.39 is 0 Å². The van der Waals surface area contributed by atoms with Gasteiger partial charge < -0.3 is 0 Å². The number of aldehydes is 1. The molecule has 0 aliphatic rings. The van der Waals surface area contributed by atoms with Crippen LogP contribution in [0.25, 0.3) is 6.08 Å². The maximum Gasteiger partial charge on any atom is 0.150 e. The lowest BCUT2D eigenvalue weighted by Crippen LogP contribution is -1.93. The van der Waals surface area contributed by atoms with Crippen LogP contribution in [-0.4, -0.2) is 6.29 Å². The first-order valence-electron chi connectivity index (χ1n) is 4.07. The van der Waals surface area contributed by atoms with Gasteiger partial charge in [0.2, 0.25) is 0 Å². The largest absolute Gasteiger partial charge is 0.298 e. The highest BCUT2D eigenvalue weighted by Crippen LogP contribution is 2.17. The van der Waals surface area contributed by atoms with Crippen LogP contribution < -0.4 is 0 Å². The molecule has 0 aliphatic heterocycles. The number of allylic oxidation sites excluding steroid dienone is 1. The quantitative estimate of drug-likeness (QED) is 0.636. The van der Waals surface area contributed by atoms with Gasteiger partial charge in [0, 0.05) is 11.1 Å². The van der Waals surface area contributed by atoms with Gasteiger partial charge in [-0.25, -0.2) is 4.39 Å². The van der Waals surface area contributed by atoms with Crippen LogP contribution in [0.2, 0.25) is 0 Å². The first-order chi connectivity index (χ1) is 6.20. The molecule has 1 rings (SSSR count). The third-order valence-electron chi connectivity index (χ3n) is 1.96. The van der Waals surface area contributed by atoms with Crippen molar-refractivity contribution in [2.24, 2.45) is 0 Å². The molecule has 0 aliphatic carbocycles. The molecule has 1 aromatic rings. The van der Waals surface area contributed by atoms with Crippen molar-refractivity contribution in [1.29, 1.82) is 0 Å². The number of carbonyl (C=O) groups is 1. The summed E-state index contributed by atoms with van der Waals surface area (Å²) in [5.41, 5.74) is 1.72. The molecule has 2 heteroatoms. The lowest BCUT2D eigenvalue weighted by Gasteiger charge is -2.04. The van der Waals surface area contributed by atoms with Crippen LogP contribution in [-0.2, 0) is 0 Å². The predicted octanol–water partition coefficient (Wildman–Crippen LogP) is 2.98. The Labute approximate surface area is 76.9 Å². The number of hydrogen-bond donors (Lipinski definition) is 0. The summed E-state index contributed by atoms with van der Waals surface area (Å²) in [6.45, 7) is 3.55. The zero-order chi connectivity index (χ0) is 9.84. The van der Waals surface area contributed by atoms with Gasteiger partial charge in [0.15, 0.2) is 0 Å². The van der Waals surface area contributed by atoms with E-state index in [-0.39, 0.29) is 5.82 Å². The van der Waals surface area contributed by atoms with Crippen molar-refractivity contribution in [1.82, 2.24) is 0 Å². The molecular weight excluding hydrogens is 167 g/mol. The monoisotopic (exact) mass is 178 g/mol. The highest BCUT2D eigenvalue weighted by Gasteiger charge is 2.05. The second-order valence-electron chi connectivity index (χ2n) is 2.79. The van der Waals surface area contributed by atoms with Crippen molar-refractivity contribution in [3.05, 3.63) is 40.7 Å². The molecule has 0 unspecified atom stereocenters. The molecule has 0 saturated heterocycles. The van der Waals surface area contributed by atoms with Crippen molar-refractivity contribution in [3.63, 3.8) is 0 Å². The van der Waals surface area contributed by atoms with Gasteiger partial charge in [-0.1, -0.05) is 12.2 Å². The van der Waals surface area contributed by atoms with Crippen LogP contribution in [0.3, 0.4) is 0 Å². The van der Waals surface area contributed by atoms with Crippen molar-refractivity contribution in [2.45, 2.75) is 13.8 Å². The smallest absolute Gasteiger partial charge is 0.150 e. The lowest BCUT2D eigenvalue weighted by molar-refractivity contribution is 0.112. The van der Waals surface area contributed by atoms with Crippen molar-refractivity contribution in [2.75, 3.05) is 0 Å². The van der Waals surface area contributed by atoms with Gasteiger partial charge in [0.05, 0.1) is 0 Å². The molecule has 0 N–H and O–H groups in total. The zero-order valence-electron chi connectivity index (χ0n) is 7.67. The minimum atomic E-state index is -0.291. The highest BCUT2D eigenvalue weighted by atomic mass is 19.1. The summed E-state index contributed by atoms with van der Waals surface area (Å²) < 4.78 is 13.2. The minimum absolute atomic E-state index is 0.291. The molecule has 0 radical (unpaired) electrons. The molecule has 0 fully saturated rings. The second kappa shape index (κ2) is 3.99. The highest BCUT2D eigenvalue weighted by molar-refractivity contribution is 5.79. The van der Waals surface area contributed by atoms with E-state index >= 15 is 0 Å². The van der Waals surface area contributed by atoms with Crippen molar-refractivity contribution in [3.8, 4) is 0 Å². The number of rotatable bonds is 2. The molecule has 1 aromatic carbocycles. The van der Waals surface area contributed by atoms with Crippen molar-refractivity contribution >= 4 is 12.4 Å². The Kier molecular flexibility index (Phi) is 2.96. The molecule has 0 heterocycles. The molecule has 13 heavy (non-hydrogen) atoms. The van der Waals surface area contributed by atoms with Gasteiger partial charge in [-0.2, -0.15) is 0 Å². The Bertz CT molecular complexity index is 353. The molecule has 0 saturated carbocycles. The lowest BCUT2D eigenvalue weighted by atomic mass is 10.0. The molecular formula is C11H11FO. The molecule has 0 atom stereocenters. The summed E-state index contributed by atoms with van der Waals surface area (Å²) >= 11 is 0. The van der Waals surface area contributed by atoms with E-state index in [1.807, 2.05) is 6.92 Å².